The molecule has 0 bridgehead atoms. The van der Waals surface area contributed by atoms with Crippen molar-refractivity contribution in [3.63, 3.8) is 0 Å². The number of unbranched alkanes of at least 4 members (excludes halogenated alkanes) is 1. The third-order valence-electron chi connectivity index (χ3n) is 3.95. The lowest BCUT2D eigenvalue weighted by Crippen LogP contribution is -2.30. The first-order chi connectivity index (χ1) is 13.0. The smallest absolute Gasteiger partial charge is 0.265 e. The normalized spacial score (nSPS) is 11.4. The van der Waals surface area contributed by atoms with Gasteiger partial charge < -0.3 is 20.1 Å². The van der Waals surface area contributed by atoms with Crippen LogP contribution >= 0.6 is 0 Å². The van der Waals surface area contributed by atoms with Crippen LogP contribution < -0.4 is 20.1 Å². The van der Waals surface area contributed by atoms with Crippen LogP contribution in [0.2, 0.25) is 0 Å². The number of hydrogen-bond donors (Lipinski definition) is 2. The third kappa shape index (κ3) is 6.33. The summed E-state index contributed by atoms with van der Waals surface area (Å²) in [5, 5.41) is 5.64. The van der Waals surface area contributed by atoms with E-state index in [1.165, 1.54) is 0 Å². The van der Waals surface area contributed by atoms with Crippen LogP contribution in [0.15, 0.2) is 48.5 Å². The number of hydrogen-bond acceptors (Lipinski definition) is 4. The summed E-state index contributed by atoms with van der Waals surface area (Å²) in [5.41, 5.74) is 1.06. The average molecular weight is 370 g/mol. The largest absolute Gasteiger partial charge is 0.497 e. The van der Waals surface area contributed by atoms with E-state index in [9.17, 15) is 9.59 Å². The minimum atomic E-state index is -0.694. The predicted molar refractivity (Wildman–Crippen MR) is 105 cm³/mol. The van der Waals surface area contributed by atoms with Gasteiger partial charge in [0.05, 0.1) is 7.11 Å². The molecule has 2 aromatic carbocycles. The Hall–Kier alpha value is -3.02. The summed E-state index contributed by atoms with van der Waals surface area (Å²) < 4.78 is 10.7. The van der Waals surface area contributed by atoms with Crippen molar-refractivity contribution in [3.8, 4) is 11.5 Å². The molecule has 0 spiro atoms. The van der Waals surface area contributed by atoms with Crippen molar-refractivity contribution in [2.45, 2.75) is 32.8 Å². The molecule has 1 atom stereocenters. The van der Waals surface area contributed by atoms with Crippen LogP contribution in [-0.2, 0) is 4.79 Å². The maximum atomic E-state index is 12.4. The second kappa shape index (κ2) is 10.2. The maximum Gasteiger partial charge on any atom is 0.265 e. The van der Waals surface area contributed by atoms with Gasteiger partial charge in [0.2, 0.25) is 0 Å². The van der Waals surface area contributed by atoms with Crippen molar-refractivity contribution in [1.29, 1.82) is 0 Å². The van der Waals surface area contributed by atoms with Gasteiger partial charge in [-0.15, -0.1) is 0 Å². The molecule has 0 saturated heterocycles. The van der Waals surface area contributed by atoms with Crippen molar-refractivity contribution in [2.24, 2.45) is 0 Å². The van der Waals surface area contributed by atoms with Crippen LogP contribution in [-0.4, -0.2) is 31.6 Å². The number of rotatable bonds is 9. The molecule has 27 heavy (non-hydrogen) atoms. The van der Waals surface area contributed by atoms with E-state index in [1.807, 2.05) is 0 Å². The lowest BCUT2D eigenvalue weighted by Gasteiger charge is -2.15. The quantitative estimate of drug-likeness (QED) is 0.661. The molecule has 2 N–H and O–H groups in total. The number of benzene rings is 2. The third-order valence-corrected chi connectivity index (χ3v) is 3.95. The summed E-state index contributed by atoms with van der Waals surface area (Å²) in [7, 11) is 1.59. The fourth-order valence-corrected chi connectivity index (χ4v) is 2.37. The Morgan fingerprint density at radius 2 is 1.78 bits per heavy atom. The molecule has 0 fully saturated rings. The molecule has 2 amide bonds. The van der Waals surface area contributed by atoms with Crippen LogP contribution in [0.1, 0.15) is 37.0 Å². The van der Waals surface area contributed by atoms with E-state index in [1.54, 1.807) is 62.6 Å². The molecule has 6 nitrogen and oxygen atoms in total. The van der Waals surface area contributed by atoms with E-state index in [4.69, 9.17) is 9.47 Å². The van der Waals surface area contributed by atoms with Gasteiger partial charge in [0.1, 0.15) is 11.5 Å². The van der Waals surface area contributed by atoms with Crippen LogP contribution in [0.5, 0.6) is 11.5 Å². The SMILES string of the molecule is CCCCNC(=O)c1cccc(NC(=O)C(C)Oc2ccc(OC)cc2)c1. The molecule has 2 rings (SSSR count). The Kier molecular flexibility index (Phi) is 7.67. The van der Waals surface area contributed by atoms with Crippen molar-refractivity contribution in [2.75, 3.05) is 19.0 Å². The van der Waals surface area contributed by atoms with Gasteiger partial charge in [-0.2, -0.15) is 0 Å². The van der Waals surface area contributed by atoms with Crippen molar-refractivity contribution < 1.29 is 19.1 Å². The number of carbonyl (C=O) groups excluding carboxylic acids is 2. The first-order valence-corrected chi connectivity index (χ1v) is 9.03. The van der Waals surface area contributed by atoms with E-state index in [0.29, 0.717) is 29.3 Å². The highest BCUT2D eigenvalue weighted by Gasteiger charge is 2.15. The number of amides is 2. The van der Waals surface area contributed by atoms with E-state index in [-0.39, 0.29) is 11.8 Å². The second-order valence-electron chi connectivity index (χ2n) is 6.12. The average Bonchev–Trinajstić information content (AvgIpc) is 2.68. The Balaban J connectivity index is 1.93. The van der Waals surface area contributed by atoms with Crippen LogP contribution in [0, 0.1) is 0 Å². The highest BCUT2D eigenvalue weighted by Crippen LogP contribution is 2.19. The molecular weight excluding hydrogens is 344 g/mol. The monoisotopic (exact) mass is 370 g/mol. The Morgan fingerprint density at radius 3 is 2.44 bits per heavy atom. The van der Waals surface area contributed by atoms with Gasteiger partial charge in [0, 0.05) is 17.8 Å². The number of anilines is 1. The first kappa shape index (κ1) is 20.3. The fraction of sp³-hybridized carbons (Fsp3) is 0.333. The Bertz CT molecular complexity index is 759. The number of nitrogens with one attached hydrogen (secondary N) is 2. The Morgan fingerprint density at radius 1 is 1.07 bits per heavy atom. The van der Waals surface area contributed by atoms with E-state index < -0.39 is 6.10 Å². The van der Waals surface area contributed by atoms with Gasteiger partial charge >= 0.3 is 0 Å². The van der Waals surface area contributed by atoms with Crippen LogP contribution in [0.25, 0.3) is 0 Å². The molecule has 1 unspecified atom stereocenters. The summed E-state index contributed by atoms with van der Waals surface area (Å²) in [6.45, 7) is 4.37. The lowest BCUT2D eigenvalue weighted by molar-refractivity contribution is -0.122. The zero-order valence-electron chi connectivity index (χ0n) is 16.0. The molecule has 2 aromatic rings. The fourth-order valence-electron chi connectivity index (χ4n) is 2.37. The summed E-state index contributed by atoms with van der Waals surface area (Å²) in [5.74, 6) is 0.840. The summed E-state index contributed by atoms with van der Waals surface area (Å²) >= 11 is 0. The minimum Gasteiger partial charge on any atom is -0.497 e. The van der Waals surface area contributed by atoms with E-state index in [2.05, 4.69) is 17.6 Å². The van der Waals surface area contributed by atoms with Crippen LogP contribution in [0.4, 0.5) is 5.69 Å². The molecule has 6 heteroatoms. The summed E-state index contributed by atoms with van der Waals surface area (Å²) in [4.78, 5) is 24.5. The number of ether oxygens (including phenoxy) is 2. The molecule has 144 valence electrons. The first-order valence-electron chi connectivity index (χ1n) is 9.03. The lowest BCUT2D eigenvalue weighted by atomic mass is 10.1. The molecule has 0 saturated carbocycles. The summed E-state index contributed by atoms with van der Waals surface area (Å²) in [6.07, 6.45) is 1.26. The zero-order valence-corrected chi connectivity index (χ0v) is 16.0. The van der Waals surface area contributed by atoms with Crippen molar-refractivity contribution >= 4 is 17.5 Å². The van der Waals surface area contributed by atoms with Gasteiger partial charge in [0.25, 0.3) is 11.8 Å². The Labute approximate surface area is 159 Å². The number of carbonyl (C=O) groups is 2. The van der Waals surface area contributed by atoms with E-state index >= 15 is 0 Å². The van der Waals surface area contributed by atoms with Crippen molar-refractivity contribution in [1.82, 2.24) is 5.32 Å². The van der Waals surface area contributed by atoms with Gasteiger partial charge in [-0.1, -0.05) is 19.4 Å². The molecular formula is C21H26N2O4. The highest BCUT2D eigenvalue weighted by atomic mass is 16.5. The summed E-state index contributed by atoms with van der Waals surface area (Å²) in [6, 6.07) is 13.8. The van der Waals surface area contributed by atoms with Gasteiger partial charge in [-0.05, 0) is 55.8 Å². The molecule has 0 aromatic heterocycles. The predicted octanol–water partition coefficient (Wildman–Crippen LogP) is 3.63. The molecule has 0 aliphatic carbocycles. The molecule has 0 aliphatic rings. The van der Waals surface area contributed by atoms with Gasteiger partial charge in [-0.3, -0.25) is 9.59 Å². The zero-order chi connectivity index (χ0) is 19.6. The second-order valence-corrected chi connectivity index (χ2v) is 6.12. The van der Waals surface area contributed by atoms with Gasteiger partial charge in [-0.25, -0.2) is 0 Å². The maximum absolute atomic E-state index is 12.4. The minimum absolute atomic E-state index is 0.151. The molecule has 0 heterocycles. The van der Waals surface area contributed by atoms with E-state index in [0.717, 1.165) is 12.8 Å². The van der Waals surface area contributed by atoms with Crippen molar-refractivity contribution in [3.05, 3.63) is 54.1 Å². The molecule has 0 radical (unpaired) electrons. The van der Waals surface area contributed by atoms with Crippen LogP contribution in [0.3, 0.4) is 0 Å². The number of methoxy groups -OCH3 is 1. The standard InChI is InChI=1S/C21H26N2O4/c1-4-5-13-22-21(25)16-7-6-8-17(14-16)23-20(24)15(2)27-19-11-9-18(26-3)10-12-19/h6-12,14-15H,4-5,13H2,1-3H3,(H,22,25)(H,23,24). The van der Waals surface area contributed by atoms with Gasteiger partial charge in [0.15, 0.2) is 6.10 Å². The highest BCUT2D eigenvalue weighted by molar-refractivity contribution is 5.98. The molecule has 0 aliphatic heterocycles. The topological polar surface area (TPSA) is 76.7 Å².